The lowest BCUT2D eigenvalue weighted by atomic mass is 9.63. The van der Waals surface area contributed by atoms with Crippen molar-refractivity contribution in [1.29, 1.82) is 0 Å². The molecule has 7 rings (SSSR count). The first kappa shape index (κ1) is 35.2. The van der Waals surface area contributed by atoms with Crippen molar-refractivity contribution in [1.82, 2.24) is 0 Å². The van der Waals surface area contributed by atoms with Gasteiger partial charge >= 0.3 is 11.9 Å². The summed E-state index contributed by atoms with van der Waals surface area (Å²) in [4.78, 5) is 28.6. The van der Waals surface area contributed by atoms with Crippen LogP contribution in [0.3, 0.4) is 0 Å². The maximum atomic E-state index is 14.6. The molecule has 0 radical (unpaired) electrons. The second kappa shape index (κ2) is 13.4. The molecule has 5 aliphatic rings. The highest BCUT2D eigenvalue weighted by Gasteiger charge is 2.55. The third-order valence-corrected chi connectivity index (χ3v) is 13.6. The van der Waals surface area contributed by atoms with Gasteiger partial charge in [0.1, 0.15) is 17.6 Å². The van der Waals surface area contributed by atoms with Gasteiger partial charge in [-0.05, 0) is 43.4 Å². The number of esters is 2. The van der Waals surface area contributed by atoms with Crippen molar-refractivity contribution >= 4 is 11.9 Å². The third kappa shape index (κ3) is 5.49. The van der Waals surface area contributed by atoms with Gasteiger partial charge in [-0.2, -0.15) is 0 Å². The molecule has 46 heavy (non-hydrogen) atoms. The molecule has 0 aromatic heterocycles. The average Bonchev–Trinajstić information content (AvgIpc) is 3.29. The number of hydrogen-bond acceptors (Lipinski definition) is 4. The van der Waals surface area contributed by atoms with E-state index in [0.717, 1.165) is 64.4 Å². The number of benzene rings is 2. The minimum absolute atomic E-state index is 0. The van der Waals surface area contributed by atoms with Crippen molar-refractivity contribution in [2.75, 3.05) is 27.2 Å². The monoisotopic (exact) mass is 670 g/mol. The zero-order chi connectivity index (χ0) is 30.7. The maximum absolute atomic E-state index is 14.6. The number of ether oxygens (including phenoxy) is 2. The van der Waals surface area contributed by atoms with Crippen LogP contribution in [0.15, 0.2) is 54.6 Å². The predicted octanol–water partition coefficient (Wildman–Crippen LogP) is 0.264. The Morgan fingerprint density at radius 2 is 1.17 bits per heavy atom. The van der Waals surface area contributed by atoms with Crippen LogP contribution in [0.2, 0.25) is 0 Å². The molecule has 6 nitrogen and oxygen atoms in total. The van der Waals surface area contributed by atoms with Crippen LogP contribution in [0, 0.1) is 0 Å². The van der Waals surface area contributed by atoms with E-state index in [1.165, 1.54) is 25.7 Å². The highest BCUT2D eigenvalue weighted by Crippen LogP contribution is 2.50. The molecule has 1 aliphatic carbocycles. The van der Waals surface area contributed by atoms with Gasteiger partial charge in [0.2, 0.25) is 0 Å². The number of hydrogen-bond donors (Lipinski definition) is 0. The van der Waals surface area contributed by atoms with Crippen molar-refractivity contribution in [3.63, 3.8) is 0 Å². The largest absolute Gasteiger partial charge is 1.00 e. The highest BCUT2D eigenvalue weighted by atomic mass is 35.5. The van der Waals surface area contributed by atoms with E-state index < -0.39 is 5.41 Å². The molecule has 6 atom stereocenters. The van der Waals surface area contributed by atoms with Gasteiger partial charge in [-0.1, -0.05) is 54.6 Å². The molecule has 0 N–H and O–H groups in total. The van der Waals surface area contributed by atoms with E-state index in [9.17, 15) is 9.59 Å². The number of piperidine rings is 2. The predicted molar refractivity (Wildman–Crippen MR) is 171 cm³/mol. The van der Waals surface area contributed by atoms with Crippen LogP contribution < -0.4 is 24.8 Å². The lowest BCUT2D eigenvalue weighted by Crippen LogP contribution is -3.00. The number of fused-ring (bicyclic) bond motifs is 5. The molecular formula is C38H52Cl2N2O4. The zero-order valence-electron chi connectivity index (χ0n) is 28.0. The molecule has 2 aromatic rings. The van der Waals surface area contributed by atoms with E-state index in [2.05, 4.69) is 46.1 Å². The number of quaternary nitrogens is 2. The fourth-order valence-electron chi connectivity index (χ4n) is 10.5. The van der Waals surface area contributed by atoms with Crippen LogP contribution in [0.25, 0.3) is 0 Å². The van der Waals surface area contributed by atoms with Crippen LogP contribution in [0.1, 0.15) is 101 Å². The number of carbonyl (C=O) groups excluding carboxylic acids is 2. The van der Waals surface area contributed by atoms with Gasteiger partial charge in [0.25, 0.3) is 0 Å². The van der Waals surface area contributed by atoms with Gasteiger partial charge in [0.15, 0.2) is 0 Å². The van der Waals surface area contributed by atoms with E-state index in [4.69, 9.17) is 9.47 Å². The Bertz CT molecular complexity index is 1380. The number of nitrogens with zero attached hydrogens (tertiary/aromatic N) is 2. The molecule has 5 unspecified atom stereocenters. The van der Waals surface area contributed by atoms with E-state index in [1.54, 1.807) is 0 Å². The average molecular weight is 672 g/mol. The van der Waals surface area contributed by atoms with E-state index in [-0.39, 0.29) is 54.9 Å². The molecule has 0 spiro atoms. The normalized spacial score (nSPS) is 38.9. The fraction of sp³-hybridized carbons (Fsp3) is 0.632. The van der Waals surface area contributed by atoms with Crippen LogP contribution in [0.5, 0.6) is 0 Å². The highest BCUT2D eigenvalue weighted by molar-refractivity contribution is 5.91. The Morgan fingerprint density at radius 1 is 0.696 bits per heavy atom. The lowest BCUT2D eigenvalue weighted by Gasteiger charge is -2.47. The Kier molecular flexibility index (Phi) is 10.3. The standard InChI is InChI=1S/C38H52N2O4.2ClH/c1-5-39(3)27-16-17-28(39)23-31(22-27)43-36(41)34-20-21-38(26-12-8-7-9-13-26,35-15-11-10-14-33(34)35)37(42)44-32-24-29-18-19-30(25-32)40(29,4)6-2;;/h7-15,27-32,34H,5-6,16-25H2,1-4H3;2*1H/q+2;;/p-2/t27?,28?,29?,30?,31?,32?,34-,38?,39?,40?;;/m0../s1. The molecule has 4 aliphatic heterocycles. The smallest absolute Gasteiger partial charge is 0.321 e. The van der Waals surface area contributed by atoms with Gasteiger partial charge in [-0.15, -0.1) is 0 Å². The summed E-state index contributed by atoms with van der Waals surface area (Å²) in [5, 5.41) is 0. The second-order valence-electron chi connectivity index (χ2n) is 15.1. The SMILES string of the molecule is CC[N+]1(C)C2CCC1CC(OC(=O)[C@H]1CCC(C(=O)OC3CC4CCC(C3)[N+]4(C)CC)(c3ccccc3)c3ccccc31)C2.[Cl-].[Cl-]. The summed E-state index contributed by atoms with van der Waals surface area (Å²) in [5.74, 6) is -0.638. The minimum atomic E-state index is -0.932. The first-order chi connectivity index (χ1) is 21.2. The molecule has 4 heterocycles. The van der Waals surface area contributed by atoms with Crippen molar-refractivity contribution in [3.05, 3.63) is 71.3 Å². The fourth-order valence-corrected chi connectivity index (χ4v) is 10.5. The number of rotatable bonds is 7. The summed E-state index contributed by atoms with van der Waals surface area (Å²) < 4.78 is 15.2. The maximum Gasteiger partial charge on any atom is 0.321 e. The van der Waals surface area contributed by atoms with Crippen LogP contribution in [-0.4, -0.2) is 84.5 Å². The molecule has 8 heteroatoms. The Morgan fingerprint density at radius 3 is 1.70 bits per heavy atom. The molecule has 4 saturated heterocycles. The molecule has 4 bridgehead atoms. The summed E-state index contributed by atoms with van der Waals surface area (Å²) >= 11 is 0. The van der Waals surface area contributed by atoms with Gasteiger partial charge in [0, 0.05) is 51.4 Å². The van der Waals surface area contributed by atoms with Crippen LogP contribution in [-0.2, 0) is 24.5 Å². The third-order valence-electron chi connectivity index (χ3n) is 13.6. The Labute approximate surface area is 288 Å². The Balaban J connectivity index is 0.00000208. The summed E-state index contributed by atoms with van der Waals surface area (Å²) in [6, 6.07) is 20.5. The molecule has 2 aromatic carbocycles. The van der Waals surface area contributed by atoms with Gasteiger partial charge < -0.3 is 43.3 Å². The summed E-state index contributed by atoms with van der Waals surface area (Å²) in [7, 11) is 4.78. The van der Waals surface area contributed by atoms with E-state index >= 15 is 0 Å². The van der Waals surface area contributed by atoms with Crippen LogP contribution >= 0.6 is 0 Å². The van der Waals surface area contributed by atoms with Gasteiger partial charge in [-0.3, -0.25) is 9.59 Å². The van der Waals surface area contributed by atoms with E-state index in [1.807, 2.05) is 36.4 Å². The molecule has 4 fully saturated rings. The molecule has 0 saturated carbocycles. The van der Waals surface area contributed by atoms with Crippen molar-refractivity contribution in [3.8, 4) is 0 Å². The summed E-state index contributed by atoms with van der Waals surface area (Å²) in [5.41, 5.74) is 1.86. The van der Waals surface area contributed by atoms with E-state index in [0.29, 0.717) is 37.0 Å². The van der Waals surface area contributed by atoms with Crippen LogP contribution in [0.4, 0.5) is 0 Å². The molecule has 0 amide bonds. The number of carbonyl (C=O) groups is 2. The second-order valence-corrected chi connectivity index (χ2v) is 15.1. The van der Waals surface area contributed by atoms with Crippen molar-refractivity contribution in [2.45, 2.75) is 126 Å². The first-order valence-corrected chi connectivity index (χ1v) is 17.5. The van der Waals surface area contributed by atoms with Crippen molar-refractivity contribution < 1.29 is 52.8 Å². The van der Waals surface area contributed by atoms with Gasteiger partial charge in [0.05, 0.1) is 57.3 Å². The topological polar surface area (TPSA) is 52.6 Å². The number of halogens is 2. The quantitative estimate of drug-likeness (QED) is 0.314. The Hall–Kier alpha value is -2.12. The molecule has 252 valence electrons. The zero-order valence-corrected chi connectivity index (χ0v) is 29.5. The van der Waals surface area contributed by atoms with Gasteiger partial charge in [-0.25, -0.2) is 0 Å². The summed E-state index contributed by atoms with van der Waals surface area (Å²) in [6.45, 7) is 6.86. The minimum Gasteiger partial charge on any atom is -1.00 e. The summed E-state index contributed by atoms with van der Waals surface area (Å²) in [6.07, 6.45) is 9.75. The molecular weight excluding hydrogens is 619 g/mol. The first-order valence-electron chi connectivity index (χ1n) is 17.5. The van der Waals surface area contributed by atoms with Crippen molar-refractivity contribution in [2.24, 2.45) is 0 Å². The lowest BCUT2D eigenvalue weighted by molar-refractivity contribution is -0.947.